The summed E-state index contributed by atoms with van der Waals surface area (Å²) < 4.78 is 6.41. The van der Waals surface area contributed by atoms with Gasteiger partial charge in [-0.15, -0.1) is 0 Å². The summed E-state index contributed by atoms with van der Waals surface area (Å²) in [4.78, 5) is 11.2. The molecule has 19 heavy (non-hydrogen) atoms. The molecule has 1 aromatic rings. The Morgan fingerprint density at radius 2 is 2.37 bits per heavy atom. The van der Waals surface area contributed by atoms with Crippen LogP contribution in [0.15, 0.2) is 22.7 Å². The molecule has 104 valence electrons. The van der Waals surface area contributed by atoms with Crippen LogP contribution in [0.2, 0.25) is 0 Å². The van der Waals surface area contributed by atoms with Gasteiger partial charge in [-0.2, -0.15) is 0 Å². The van der Waals surface area contributed by atoms with Crippen LogP contribution in [0.3, 0.4) is 0 Å². The summed E-state index contributed by atoms with van der Waals surface area (Å²) in [6, 6.07) is 5.26. The summed E-state index contributed by atoms with van der Waals surface area (Å²) >= 11 is 3.29. The second kappa shape index (κ2) is 6.39. The number of nitrogens with one attached hydrogen (secondary N) is 1. The van der Waals surface area contributed by atoms with E-state index in [4.69, 9.17) is 4.74 Å². The Morgan fingerprint density at radius 1 is 1.58 bits per heavy atom. The maximum Gasteiger partial charge on any atom is 0.337 e. The lowest BCUT2D eigenvalue weighted by Gasteiger charge is -2.18. The SMILES string of the molecule is CCC1OCCC1CNc1ccc(Br)cc1C(=O)O. The van der Waals surface area contributed by atoms with Gasteiger partial charge in [-0.25, -0.2) is 4.79 Å². The Hall–Kier alpha value is -1.07. The maximum absolute atomic E-state index is 11.2. The first-order valence-electron chi connectivity index (χ1n) is 6.50. The number of hydrogen-bond acceptors (Lipinski definition) is 3. The number of anilines is 1. The zero-order chi connectivity index (χ0) is 13.8. The fourth-order valence-corrected chi connectivity index (χ4v) is 2.83. The third kappa shape index (κ3) is 3.48. The normalized spacial score (nSPS) is 22.4. The second-order valence-corrected chi connectivity index (χ2v) is 5.66. The molecular formula is C14H18BrNO3. The van der Waals surface area contributed by atoms with Crippen molar-refractivity contribution in [1.29, 1.82) is 0 Å². The van der Waals surface area contributed by atoms with Gasteiger partial charge in [-0.3, -0.25) is 0 Å². The van der Waals surface area contributed by atoms with Gasteiger partial charge < -0.3 is 15.2 Å². The highest BCUT2D eigenvalue weighted by Crippen LogP contribution is 2.26. The van der Waals surface area contributed by atoms with E-state index in [0.29, 0.717) is 17.2 Å². The minimum atomic E-state index is -0.918. The van der Waals surface area contributed by atoms with Gasteiger partial charge in [0.1, 0.15) is 0 Å². The van der Waals surface area contributed by atoms with Crippen LogP contribution in [-0.2, 0) is 4.74 Å². The highest BCUT2D eigenvalue weighted by atomic mass is 79.9. The number of carboxylic acid groups (broad SMARTS) is 1. The third-order valence-corrected chi connectivity index (χ3v) is 4.01. The number of carbonyl (C=O) groups is 1. The van der Waals surface area contributed by atoms with Crippen molar-refractivity contribution in [1.82, 2.24) is 0 Å². The molecule has 1 saturated heterocycles. The minimum Gasteiger partial charge on any atom is -0.478 e. The number of hydrogen-bond donors (Lipinski definition) is 2. The Kier molecular flexibility index (Phi) is 4.82. The van der Waals surface area contributed by atoms with Crippen molar-refractivity contribution in [3.63, 3.8) is 0 Å². The molecule has 2 rings (SSSR count). The van der Waals surface area contributed by atoms with Crippen molar-refractivity contribution in [2.75, 3.05) is 18.5 Å². The zero-order valence-electron chi connectivity index (χ0n) is 10.9. The fourth-order valence-electron chi connectivity index (χ4n) is 2.47. The fraction of sp³-hybridized carbons (Fsp3) is 0.500. The first-order valence-corrected chi connectivity index (χ1v) is 7.29. The predicted octanol–water partition coefficient (Wildman–Crippen LogP) is 3.37. The predicted molar refractivity (Wildman–Crippen MR) is 77.7 cm³/mol. The molecule has 1 fully saturated rings. The molecule has 2 N–H and O–H groups in total. The molecule has 0 aliphatic carbocycles. The summed E-state index contributed by atoms with van der Waals surface area (Å²) in [5.74, 6) is -0.464. The quantitative estimate of drug-likeness (QED) is 0.870. The van der Waals surface area contributed by atoms with E-state index >= 15 is 0 Å². The van der Waals surface area contributed by atoms with Gasteiger partial charge in [0.15, 0.2) is 0 Å². The Morgan fingerprint density at radius 3 is 3.05 bits per heavy atom. The van der Waals surface area contributed by atoms with Gasteiger partial charge >= 0.3 is 5.97 Å². The molecule has 0 aromatic heterocycles. The second-order valence-electron chi connectivity index (χ2n) is 4.74. The van der Waals surface area contributed by atoms with E-state index in [0.717, 1.165) is 30.5 Å². The monoisotopic (exact) mass is 327 g/mol. The van der Waals surface area contributed by atoms with Gasteiger partial charge in [-0.1, -0.05) is 22.9 Å². The lowest BCUT2D eigenvalue weighted by atomic mass is 9.99. The van der Waals surface area contributed by atoms with Crippen LogP contribution in [0.1, 0.15) is 30.1 Å². The lowest BCUT2D eigenvalue weighted by molar-refractivity contribution is 0.0698. The Bertz CT molecular complexity index is 464. The van der Waals surface area contributed by atoms with Crippen molar-refractivity contribution >= 4 is 27.6 Å². The zero-order valence-corrected chi connectivity index (χ0v) is 12.4. The van der Waals surface area contributed by atoms with Crippen molar-refractivity contribution in [3.05, 3.63) is 28.2 Å². The lowest BCUT2D eigenvalue weighted by Crippen LogP contribution is -2.23. The van der Waals surface area contributed by atoms with E-state index in [1.807, 2.05) is 6.07 Å². The Labute approximate surface area is 121 Å². The molecular weight excluding hydrogens is 310 g/mol. The van der Waals surface area contributed by atoms with Crippen LogP contribution in [0.5, 0.6) is 0 Å². The van der Waals surface area contributed by atoms with Gasteiger partial charge in [-0.05, 0) is 31.0 Å². The van der Waals surface area contributed by atoms with Crippen LogP contribution < -0.4 is 5.32 Å². The smallest absolute Gasteiger partial charge is 0.337 e. The summed E-state index contributed by atoms with van der Waals surface area (Å²) in [7, 11) is 0. The molecule has 0 radical (unpaired) electrons. The largest absolute Gasteiger partial charge is 0.478 e. The Balaban J connectivity index is 2.05. The van der Waals surface area contributed by atoms with Crippen molar-refractivity contribution < 1.29 is 14.6 Å². The molecule has 1 aromatic carbocycles. The first kappa shape index (κ1) is 14.3. The summed E-state index contributed by atoms with van der Waals surface area (Å²) in [6.45, 7) is 3.67. The summed E-state index contributed by atoms with van der Waals surface area (Å²) in [6.07, 6.45) is 2.32. The van der Waals surface area contributed by atoms with Gasteiger partial charge in [0.05, 0.1) is 11.7 Å². The van der Waals surface area contributed by atoms with Crippen LogP contribution in [0.25, 0.3) is 0 Å². The van der Waals surface area contributed by atoms with E-state index in [1.165, 1.54) is 0 Å². The molecule has 1 aliphatic heterocycles. The molecule has 2 atom stereocenters. The summed E-state index contributed by atoms with van der Waals surface area (Å²) in [5, 5.41) is 12.4. The van der Waals surface area contributed by atoms with Gasteiger partial charge in [0, 0.05) is 29.2 Å². The van der Waals surface area contributed by atoms with Crippen molar-refractivity contribution in [3.8, 4) is 0 Å². The van der Waals surface area contributed by atoms with Crippen LogP contribution >= 0.6 is 15.9 Å². The molecule has 1 aliphatic rings. The highest BCUT2D eigenvalue weighted by molar-refractivity contribution is 9.10. The van der Waals surface area contributed by atoms with E-state index in [9.17, 15) is 9.90 Å². The molecule has 0 spiro atoms. The highest BCUT2D eigenvalue weighted by Gasteiger charge is 2.26. The van der Waals surface area contributed by atoms with Crippen LogP contribution in [-0.4, -0.2) is 30.3 Å². The van der Waals surface area contributed by atoms with E-state index in [1.54, 1.807) is 12.1 Å². The molecule has 2 unspecified atom stereocenters. The number of ether oxygens (including phenoxy) is 1. The number of aromatic carboxylic acids is 1. The van der Waals surface area contributed by atoms with Crippen molar-refractivity contribution in [2.24, 2.45) is 5.92 Å². The number of benzene rings is 1. The minimum absolute atomic E-state index is 0.288. The number of halogens is 1. The van der Waals surface area contributed by atoms with E-state index < -0.39 is 5.97 Å². The third-order valence-electron chi connectivity index (χ3n) is 3.52. The van der Waals surface area contributed by atoms with Crippen molar-refractivity contribution in [2.45, 2.75) is 25.9 Å². The molecule has 0 amide bonds. The topological polar surface area (TPSA) is 58.6 Å². The van der Waals surface area contributed by atoms with Crippen LogP contribution in [0, 0.1) is 5.92 Å². The maximum atomic E-state index is 11.2. The molecule has 5 heteroatoms. The van der Waals surface area contributed by atoms with E-state index in [2.05, 4.69) is 28.2 Å². The molecule has 0 bridgehead atoms. The number of rotatable bonds is 5. The molecule has 1 heterocycles. The standard InChI is InChI=1S/C14H18BrNO3/c1-2-13-9(5-6-19-13)8-16-12-4-3-10(15)7-11(12)14(17)18/h3-4,7,9,13,16H,2,5-6,8H2,1H3,(H,17,18). The van der Waals surface area contributed by atoms with Gasteiger partial charge in [0.25, 0.3) is 0 Å². The average molecular weight is 328 g/mol. The van der Waals surface area contributed by atoms with E-state index in [-0.39, 0.29) is 6.10 Å². The molecule has 4 nitrogen and oxygen atoms in total. The summed E-state index contributed by atoms with van der Waals surface area (Å²) in [5.41, 5.74) is 0.957. The average Bonchev–Trinajstić information content (AvgIpc) is 2.84. The van der Waals surface area contributed by atoms with Gasteiger partial charge in [0.2, 0.25) is 0 Å². The first-order chi connectivity index (χ1) is 9.11. The molecule has 0 saturated carbocycles. The van der Waals surface area contributed by atoms with Crippen LogP contribution in [0.4, 0.5) is 5.69 Å². The number of carboxylic acids is 1.